The Bertz CT molecular complexity index is 433. The number of rotatable bonds is 4. The zero-order valence-corrected chi connectivity index (χ0v) is 11.0. The van der Waals surface area contributed by atoms with Gasteiger partial charge in [0, 0.05) is 12.5 Å². The van der Waals surface area contributed by atoms with Crippen molar-refractivity contribution in [2.24, 2.45) is 5.92 Å². The van der Waals surface area contributed by atoms with Crippen molar-refractivity contribution in [3.63, 3.8) is 0 Å². The van der Waals surface area contributed by atoms with Gasteiger partial charge in [0.2, 0.25) is 17.7 Å². The number of aromatic nitrogens is 2. The highest BCUT2D eigenvalue weighted by molar-refractivity contribution is 6.29. The zero-order chi connectivity index (χ0) is 13.0. The highest BCUT2D eigenvalue weighted by Gasteiger charge is 2.19. The summed E-state index contributed by atoms with van der Waals surface area (Å²) in [4.78, 5) is 19.8. The summed E-state index contributed by atoms with van der Waals surface area (Å²) in [6, 6.07) is 1.49. The molecule has 0 saturated heterocycles. The van der Waals surface area contributed by atoms with Gasteiger partial charge in [-0.05, 0) is 18.8 Å². The molecule has 1 fully saturated rings. The molecule has 1 amide bonds. The van der Waals surface area contributed by atoms with E-state index in [1.54, 1.807) is 0 Å². The third kappa shape index (κ3) is 3.57. The van der Waals surface area contributed by atoms with E-state index in [-0.39, 0.29) is 17.0 Å². The number of ether oxygens (including phenoxy) is 1. The summed E-state index contributed by atoms with van der Waals surface area (Å²) in [7, 11) is 1.49. The third-order valence-electron chi connectivity index (χ3n) is 3.08. The summed E-state index contributed by atoms with van der Waals surface area (Å²) in [5.41, 5.74) is 0. The first kappa shape index (κ1) is 13.1. The molecule has 1 saturated carbocycles. The molecule has 0 radical (unpaired) electrons. The number of anilines is 1. The van der Waals surface area contributed by atoms with Crippen molar-refractivity contribution in [1.29, 1.82) is 0 Å². The Morgan fingerprint density at radius 2 is 2.22 bits per heavy atom. The summed E-state index contributed by atoms with van der Waals surface area (Å²) in [5.74, 6) is 0.964. The molecule has 0 atom stereocenters. The van der Waals surface area contributed by atoms with E-state index in [1.807, 2.05) is 0 Å². The molecule has 0 aromatic carbocycles. The maximum Gasteiger partial charge on any atom is 0.234 e. The molecule has 98 valence electrons. The largest absolute Gasteiger partial charge is 0.481 e. The number of methoxy groups -OCH3 is 1. The minimum absolute atomic E-state index is 0.0637. The second-order valence-electron chi connectivity index (χ2n) is 4.46. The summed E-state index contributed by atoms with van der Waals surface area (Å²) < 4.78 is 4.96. The van der Waals surface area contributed by atoms with Crippen LogP contribution in [0.15, 0.2) is 6.07 Å². The van der Waals surface area contributed by atoms with Gasteiger partial charge in [0.05, 0.1) is 7.11 Å². The van der Waals surface area contributed by atoms with Crippen LogP contribution in [0.25, 0.3) is 0 Å². The highest BCUT2D eigenvalue weighted by Crippen LogP contribution is 2.27. The Kier molecular flexibility index (Phi) is 4.36. The number of amides is 1. The molecule has 0 spiro atoms. The quantitative estimate of drug-likeness (QED) is 0.854. The van der Waals surface area contributed by atoms with E-state index in [0.29, 0.717) is 18.2 Å². The smallest absolute Gasteiger partial charge is 0.234 e. The van der Waals surface area contributed by atoms with Crippen LogP contribution in [-0.2, 0) is 4.79 Å². The molecule has 1 aromatic heterocycles. The Balaban J connectivity index is 1.95. The topological polar surface area (TPSA) is 64.1 Å². The fraction of sp³-hybridized carbons (Fsp3) is 0.583. The molecular formula is C12H16ClN3O2. The normalized spacial score (nSPS) is 15.7. The number of nitrogens with one attached hydrogen (secondary N) is 1. The van der Waals surface area contributed by atoms with Crippen molar-refractivity contribution in [3.8, 4) is 5.88 Å². The van der Waals surface area contributed by atoms with E-state index in [1.165, 1.54) is 26.0 Å². The highest BCUT2D eigenvalue weighted by atomic mass is 35.5. The monoisotopic (exact) mass is 269 g/mol. The van der Waals surface area contributed by atoms with Crippen LogP contribution in [0.1, 0.15) is 32.1 Å². The lowest BCUT2D eigenvalue weighted by atomic mass is 10.0. The van der Waals surface area contributed by atoms with E-state index < -0.39 is 0 Å². The molecule has 0 unspecified atom stereocenters. The summed E-state index contributed by atoms with van der Waals surface area (Å²) >= 11 is 5.80. The van der Waals surface area contributed by atoms with Crippen molar-refractivity contribution < 1.29 is 9.53 Å². The minimum Gasteiger partial charge on any atom is -0.481 e. The first-order valence-electron chi connectivity index (χ1n) is 6.06. The van der Waals surface area contributed by atoms with Crippen LogP contribution in [0, 0.1) is 5.92 Å². The lowest BCUT2D eigenvalue weighted by Gasteiger charge is -2.09. The fourth-order valence-electron chi connectivity index (χ4n) is 2.21. The predicted octanol–water partition coefficient (Wildman–Crippen LogP) is 2.66. The van der Waals surface area contributed by atoms with Gasteiger partial charge in [-0.15, -0.1) is 0 Å². The molecule has 0 aliphatic heterocycles. The molecule has 1 aliphatic carbocycles. The van der Waals surface area contributed by atoms with Gasteiger partial charge < -0.3 is 4.74 Å². The van der Waals surface area contributed by atoms with Gasteiger partial charge in [0.25, 0.3) is 0 Å². The van der Waals surface area contributed by atoms with Gasteiger partial charge in [-0.1, -0.05) is 24.4 Å². The van der Waals surface area contributed by atoms with Crippen LogP contribution in [-0.4, -0.2) is 23.0 Å². The summed E-state index contributed by atoms with van der Waals surface area (Å²) in [5, 5.41) is 2.91. The molecule has 2 rings (SSSR count). The number of carbonyl (C=O) groups is 1. The molecule has 1 aromatic rings. The molecule has 5 nitrogen and oxygen atoms in total. The average Bonchev–Trinajstić information content (AvgIpc) is 2.80. The average molecular weight is 270 g/mol. The molecule has 6 heteroatoms. The molecule has 0 bridgehead atoms. The Hall–Kier alpha value is -1.36. The van der Waals surface area contributed by atoms with E-state index in [0.717, 1.165) is 12.8 Å². The molecular weight excluding hydrogens is 254 g/mol. The number of hydrogen-bond acceptors (Lipinski definition) is 4. The second kappa shape index (κ2) is 6.00. The molecule has 1 aliphatic rings. The van der Waals surface area contributed by atoms with Crippen LogP contribution in [0.3, 0.4) is 0 Å². The van der Waals surface area contributed by atoms with Gasteiger partial charge >= 0.3 is 0 Å². The van der Waals surface area contributed by atoms with Gasteiger partial charge in [-0.3, -0.25) is 10.1 Å². The van der Waals surface area contributed by atoms with Crippen LogP contribution in [0.2, 0.25) is 5.15 Å². The second-order valence-corrected chi connectivity index (χ2v) is 4.85. The van der Waals surface area contributed by atoms with Crippen LogP contribution >= 0.6 is 11.6 Å². The van der Waals surface area contributed by atoms with Crippen LogP contribution in [0.4, 0.5) is 5.95 Å². The van der Waals surface area contributed by atoms with Crippen molar-refractivity contribution >= 4 is 23.5 Å². The standard InChI is InChI=1S/C12H16ClN3O2/c1-18-11-7-9(13)14-12(16-11)15-10(17)6-8-4-2-3-5-8/h7-8H,2-6H2,1H3,(H,14,15,16,17). The maximum atomic E-state index is 11.8. The summed E-state index contributed by atoms with van der Waals surface area (Å²) in [6.07, 6.45) is 5.23. The first-order chi connectivity index (χ1) is 8.67. The fourth-order valence-corrected chi connectivity index (χ4v) is 2.38. The predicted molar refractivity (Wildman–Crippen MR) is 68.8 cm³/mol. The first-order valence-corrected chi connectivity index (χ1v) is 6.43. The number of halogens is 1. The Morgan fingerprint density at radius 3 is 2.89 bits per heavy atom. The minimum atomic E-state index is -0.0637. The lowest BCUT2D eigenvalue weighted by molar-refractivity contribution is -0.117. The van der Waals surface area contributed by atoms with E-state index >= 15 is 0 Å². The number of carbonyl (C=O) groups excluding carboxylic acids is 1. The maximum absolute atomic E-state index is 11.8. The number of nitrogens with zero attached hydrogens (tertiary/aromatic N) is 2. The van der Waals surface area contributed by atoms with Gasteiger partial charge in [0.15, 0.2) is 0 Å². The van der Waals surface area contributed by atoms with E-state index in [4.69, 9.17) is 16.3 Å². The molecule has 1 heterocycles. The Labute approximate surface area is 111 Å². The zero-order valence-electron chi connectivity index (χ0n) is 10.3. The summed E-state index contributed by atoms with van der Waals surface area (Å²) in [6.45, 7) is 0. The van der Waals surface area contributed by atoms with Crippen molar-refractivity contribution in [2.75, 3.05) is 12.4 Å². The molecule has 1 N–H and O–H groups in total. The van der Waals surface area contributed by atoms with Crippen LogP contribution in [0.5, 0.6) is 5.88 Å². The van der Waals surface area contributed by atoms with Gasteiger partial charge in [-0.2, -0.15) is 4.98 Å². The lowest BCUT2D eigenvalue weighted by Crippen LogP contribution is -2.17. The van der Waals surface area contributed by atoms with Gasteiger partial charge in [-0.25, -0.2) is 4.98 Å². The van der Waals surface area contributed by atoms with Crippen molar-refractivity contribution in [2.45, 2.75) is 32.1 Å². The number of hydrogen-bond donors (Lipinski definition) is 1. The van der Waals surface area contributed by atoms with E-state index in [2.05, 4.69) is 15.3 Å². The van der Waals surface area contributed by atoms with Crippen LogP contribution < -0.4 is 10.1 Å². The Morgan fingerprint density at radius 1 is 1.50 bits per heavy atom. The van der Waals surface area contributed by atoms with Gasteiger partial charge in [0.1, 0.15) is 5.15 Å². The third-order valence-corrected chi connectivity index (χ3v) is 3.27. The SMILES string of the molecule is COc1cc(Cl)nc(NC(=O)CC2CCCC2)n1. The van der Waals surface area contributed by atoms with E-state index in [9.17, 15) is 4.79 Å². The van der Waals surface area contributed by atoms with Crippen molar-refractivity contribution in [3.05, 3.63) is 11.2 Å². The van der Waals surface area contributed by atoms with Crippen molar-refractivity contribution in [1.82, 2.24) is 9.97 Å². The molecule has 18 heavy (non-hydrogen) atoms.